The molecule has 3 aromatic rings. The quantitative estimate of drug-likeness (QED) is 0.574. The molecule has 3 N–H and O–H groups in total. The van der Waals surface area contributed by atoms with Crippen LogP contribution in [0.1, 0.15) is 17.2 Å². The van der Waals surface area contributed by atoms with Crippen LogP contribution in [0, 0.1) is 5.82 Å². The van der Waals surface area contributed by atoms with Crippen molar-refractivity contribution < 1.29 is 4.39 Å². The second kappa shape index (κ2) is 5.77. The lowest BCUT2D eigenvalue weighted by molar-refractivity contribution is 0.616. The van der Waals surface area contributed by atoms with Crippen LogP contribution in [0.15, 0.2) is 54.7 Å². The van der Waals surface area contributed by atoms with Gasteiger partial charge in [0.05, 0.1) is 11.6 Å². The normalized spacial score (nSPS) is 12.5. The first-order chi connectivity index (χ1) is 10.2. The van der Waals surface area contributed by atoms with E-state index in [1.54, 1.807) is 12.3 Å². The molecule has 1 atom stereocenters. The largest absolute Gasteiger partial charge is 0.271 e. The zero-order chi connectivity index (χ0) is 14.8. The van der Waals surface area contributed by atoms with E-state index in [-0.39, 0.29) is 11.9 Å². The molecule has 0 bridgehead atoms. The van der Waals surface area contributed by atoms with Gasteiger partial charge in [0.15, 0.2) is 0 Å². The summed E-state index contributed by atoms with van der Waals surface area (Å²) in [4.78, 5) is 4.28. The minimum absolute atomic E-state index is 0.317. The standard InChI is InChI=1S/C16H13ClFN3/c17-14-9-12(18)4-5-13(14)16(21-19)11-3-6-15-10(8-11)2-1-7-20-15/h1-9,16,21H,19H2. The number of nitrogens with two attached hydrogens (primary N) is 1. The van der Waals surface area contributed by atoms with Crippen molar-refractivity contribution in [3.63, 3.8) is 0 Å². The van der Waals surface area contributed by atoms with Crippen LogP contribution in [-0.4, -0.2) is 4.98 Å². The highest BCUT2D eigenvalue weighted by Gasteiger charge is 2.16. The summed E-state index contributed by atoms with van der Waals surface area (Å²) in [5, 5.41) is 1.35. The SMILES string of the molecule is NNC(c1ccc2ncccc2c1)c1ccc(F)cc1Cl. The fraction of sp³-hybridized carbons (Fsp3) is 0.0625. The summed E-state index contributed by atoms with van der Waals surface area (Å²) in [7, 11) is 0. The summed E-state index contributed by atoms with van der Waals surface area (Å²) >= 11 is 6.12. The summed E-state index contributed by atoms with van der Waals surface area (Å²) in [6.45, 7) is 0. The van der Waals surface area contributed by atoms with Gasteiger partial charge in [0, 0.05) is 16.6 Å². The molecule has 106 valence electrons. The molecule has 0 aliphatic heterocycles. The van der Waals surface area contributed by atoms with Crippen molar-refractivity contribution in [3.8, 4) is 0 Å². The molecule has 1 heterocycles. The number of halogens is 2. The maximum absolute atomic E-state index is 13.2. The van der Waals surface area contributed by atoms with E-state index in [1.807, 2.05) is 30.3 Å². The zero-order valence-corrected chi connectivity index (χ0v) is 11.8. The van der Waals surface area contributed by atoms with E-state index in [0.29, 0.717) is 5.02 Å². The van der Waals surface area contributed by atoms with E-state index in [9.17, 15) is 4.39 Å². The molecule has 0 saturated carbocycles. The molecule has 5 heteroatoms. The first-order valence-corrected chi connectivity index (χ1v) is 6.82. The van der Waals surface area contributed by atoms with E-state index >= 15 is 0 Å². The molecular formula is C16H13ClFN3. The first-order valence-electron chi connectivity index (χ1n) is 6.45. The molecule has 0 fully saturated rings. The van der Waals surface area contributed by atoms with Gasteiger partial charge in [0.2, 0.25) is 0 Å². The first kappa shape index (κ1) is 13.9. The number of nitrogens with zero attached hydrogens (tertiary/aromatic N) is 1. The highest BCUT2D eigenvalue weighted by molar-refractivity contribution is 6.31. The maximum Gasteiger partial charge on any atom is 0.124 e. The Bertz CT molecular complexity index is 791. The minimum atomic E-state index is -0.373. The van der Waals surface area contributed by atoms with E-state index in [1.165, 1.54) is 12.1 Å². The molecule has 1 unspecified atom stereocenters. The van der Waals surface area contributed by atoms with Gasteiger partial charge in [0.25, 0.3) is 0 Å². The number of pyridine rings is 1. The van der Waals surface area contributed by atoms with Gasteiger partial charge < -0.3 is 0 Å². The van der Waals surface area contributed by atoms with Crippen LogP contribution < -0.4 is 11.3 Å². The summed E-state index contributed by atoms with van der Waals surface area (Å²) in [6.07, 6.45) is 1.75. The third-order valence-electron chi connectivity index (χ3n) is 3.40. The number of fused-ring (bicyclic) bond motifs is 1. The van der Waals surface area contributed by atoms with Crippen molar-refractivity contribution in [2.75, 3.05) is 0 Å². The Kier molecular flexibility index (Phi) is 3.84. The van der Waals surface area contributed by atoms with Gasteiger partial charge in [0.1, 0.15) is 5.82 Å². The summed E-state index contributed by atoms with van der Waals surface area (Å²) < 4.78 is 13.2. The van der Waals surface area contributed by atoms with Crippen LogP contribution in [-0.2, 0) is 0 Å². The zero-order valence-electron chi connectivity index (χ0n) is 11.1. The lowest BCUT2D eigenvalue weighted by Gasteiger charge is -2.18. The predicted molar refractivity (Wildman–Crippen MR) is 82.3 cm³/mol. The van der Waals surface area contributed by atoms with Gasteiger partial charge in [-0.2, -0.15) is 0 Å². The molecule has 0 aliphatic carbocycles. The van der Waals surface area contributed by atoms with Crippen molar-refractivity contribution in [1.82, 2.24) is 10.4 Å². The molecule has 2 aromatic carbocycles. The predicted octanol–water partition coefficient (Wildman–Crippen LogP) is 3.58. The van der Waals surface area contributed by atoms with Crippen LogP contribution in [0.2, 0.25) is 5.02 Å². The van der Waals surface area contributed by atoms with Gasteiger partial charge >= 0.3 is 0 Å². The number of benzene rings is 2. The highest BCUT2D eigenvalue weighted by atomic mass is 35.5. The molecule has 0 spiro atoms. The van der Waals surface area contributed by atoms with Crippen molar-refractivity contribution in [1.29, 1.82) is 0 Å². The Labute approximate surface area is 126 Å². The van der Waals surface area contributed by atoms with Gasteiger partial charge in [-0.1, -0.05) is 29.8 Å². The third kappa shape index (κ3) is 2.74. The molecule has 21 heavy (non-hydrogen) atoms. The fourth-order valence-corrected chi connectivity index (χ4v) is 2.65. The second-order valence-corrected chi connectivity index (χ2v) is 5.13. The number of hydrogen-bond acceptors (Lipinski definition) is 3. The van der Waals surface area contributed by atoms with E-state index < -0.39 is 0 Å². The monoisotopic (exact) mass is 301 g/mol. The van der Waals surface area contributed by atoms with Gasteiger partial charge in [-0.3, -0.25) is 10.8 Å². The summed E-state index contributed by atoms with van der Waals surface area (Å²) in [5.74, 6) is 5.30. The summed E-state index contributed by atoms with van der Waals surface area (Å²) in [6, 6.07) is 13.7. The highest BCUT2D eigenvalue weighted by Crippen LogP contribution is 2.29. The molecule has 0 saturated heterocycles. The molecule has 1 aromatic heterocycles. The van der Waals surface area contributed by atoms with Crippen molar-refractivity contribution >= 4 is 22.5 Å². The van der Waals surface area contributed by atoms with Crippen molar-refractivity contribution in [3.05, 3.63) is 76.7 Å². The molecule has 3 nitrogen and oxygen atoms in total. The van der Waals surface area contributed by atoms with Crippen LogP contribution >= 0.6 is 11.6 Å². The number of hydrogen-bond donors (Lipinski definition) is 2. The van der Waals surface area contributed by atoms with Crippen LogP contribution in [0.4, 0.5) is 4.39 Å². The average molecular weight is 302 g/mol. The molecule has 3 rings (SSSR count). The van der Waals surface area contributed by atoms with E-state index in [4.69, 9.17) is 17.4 Å². The maximum atomic E-state index is 13.2. The number of rotatable bonds is 3. The summed E-state index contributed by atoms with van der Waals surface area (Å²) in [5.41, 5.74) is 5.30. The Hall–Kier alpha value is -2.01. The van der Waals surface area contributed by atoms with Crippen molar-refractivity contribution in [2.24, 2.45) is 5.84 Å². The Morgan fingerprint density at radius 3 is 2.76 bits per heavy atom. The Balaban J connectivity index is 2.09. The smallest absolute Gasteiger partial charge is 0.124 e. The lowest BCUT2D eigenvalue weighted by Crippen LogP contribution is -2.29. The molecular weight excluding hydrogens is 289 g/mol. The molecule has 0 radical (unpaired) electrons. The topological polar surface area (TPSA) is 50.9 Å². The number of hydrazine groups is 1. The Morgan fingerprint density at radius 2 is 2.00 bits per heavy atom. The fourth-order valence-electron chi connectivity index (χ4n) is 2.37. The average Bonchev–Trinajstić information content (AvgIpc) is 2.50. The van der Waals surface area contributed by atoms with Gasteiger partial charge in [-0.25, -0.2) is 9.82 Å². The second-order valence-electron chi connectivity index (χ2n) is 4.72. The van der Waals surface area contributed by atoms with Crippen molar-refractivity contribution in [2.45, 2.75) is 6.04 Å². The molecule has 0 aliphatic rings. The minimum Gasteiger partial charge on any atom is -0.271 e. The van der Waals surface area contributed by atoms with Crippen LogP contribution in [0.3, 0.4) is 0 Å². The van der Waals surface area contributed by atoms with Crippen LogP contribution in [0.25, 0.3) is 10.9 Å². The van der Waals surface area contributed by atoms with Crippen LogP contribution in [0.5, 0.6) is 0 Å². The van der Waals surface area contributed by atoms with E-state index in [0.717, 1.165) is 22.0 Å². The van der Waals surface area contributed by atoms with E-state index in [2.05, 4.69) is 10.4 Å². The van der Waals surface area contributed by atoms with Gasteiger partial charge in [-0.15, -0.1) is 0 Å². The Morgan fingerprint density at radius 1 is 1.14 bits per heavy atom. The van der Waals surface area contributed by atoms with Gasteiger partial charge in [-0.05, 0) is 41.5 Å². The number of aromatic nitrogens is 1. The third-order valence-corrected chi connectivity index (χ3v) is 3.73. The lowest BCUT2D eigenvalue weighted by atomic mass is 9.97. The number of nitrogens with one attached hydrogen (secondary N) is 1. The molecule has 0 amide bonds.